The third-order valence-electron chi connectivity index (χ3n) is 5.39. The van der Waals surface area contributed by atoms with Gasteiger partial charge in [0.1, 0.15) is 5.60 Å². The van der Waals surface area contributed by atoms with E-state index in [2.05, 4.69) is 20.7 Å². The molecule has 2 aromatic rings. The van der Waals surface area contributed by atoms with Gasteiger partial charge in [-0.15, -0.1) is 0 Å². The fraction of sp³-hybridized carbons (Fsp3) is 0.542. The minimum absolute atomic E-state index is 0.124. The van der Waals surface area contributed by atoms with Crippen LogP contribution in [-0.2, 0) is 9.53 Å². The zero-order chi connectivity index (χ0) is 24.9. The van der Waals surface area contributed by atoms with Crippen LogP contribution in [0.15, 0.2) is 24.4 Å². The van der Waals surface area contributed by atoms with Gasteiger partial charge in [-0.25, -0.2) is 14.5 Å². The molecule has 3 rings (SSSR count). The van der Waals surface area contributed by atoms with E-state index in [4.69, 9.17) is 4.74 Å². The highest BCUT2D eigenvalue weighted by Crippen LogP contribution is 2.19. The number of carbonyl (C=O) groups is 3. The monoisotopic (exact) mass is 470 g/mol. The molecule has 1 atom stereocenters. The lowest BCUT2D eigenvalue weighted by atomic mass is 9.96. The maximum atomic E-state index is 13.0. The maximum absolute atomic E-state index is 13.0. The zero-order valence-corrected chi connectivity index (χ0v) is 20.6. The summed E-state index contributed by atoms with van der Waals surface area (Å²) in [6.45, 7) is 10.7. The average molecular weight is 471 g/mol. The molecule has 1 fully saturated rings. The van der Waals surface area contributed by atoms with Gasteiger partial charge in [-0.05, 0) is 65.7 Å². The second kappa shape index (κ2) is 10.7. The quantitative estimate of drug-likeness (QED) is 0.626. The third kappa shape index (κ3) is 6.79. The number of hydrogen-bond acceptors (Lipinski definition) is 6. The Bertz CT molecular complexity index is 1030. The lowest BCUT2D eigenvalue weighted by Gasteiger charge is -2.32. The Morgan fingerprint density at radius 2 is 1.88 bits per heavy atom. The number of aromatic nitrogens is 3. The van der Waals surface area contributed by atoms with Crippen LogP contribution < -0.4 is 10.6 Å². The molecule has 2 N–H and O–H groups in total. The van der Waals surface area contributed by atoms with E-state index >= 15 is 0 Å². The van der Waals surface area contributed by atoms with Gasteiger partial charge in [0.25, 0.3) is 5.91 Å². The molecule has 1 unspecified atom stereocenters. The Kier molecular flexibility index (Phi) is 7.90. The summed E-state index contributed by atoms with van der Waals surface area (Å²) >= 11 is 0. The van der Waals surface area contributed by atoms with Crippen molar-refractivity contribution in [1.82, 2.24) is 30.3 Å². The highest BCUT2D eigenvalue weighted by Gasteiger charge is 2.29. The number of nitrogens with one attached hydrogen (secondary N) is 2. The van der Waals surface area contributed by atoms with Crippen LogP contribution >= 0.6 is 0 Å². The fourth-order valence-electron chi connectivity index (χ4n) is 3.87. The largest absolute Gasteiger partial charge is 0.444 e. The van der Waals surface area contributed by atoms with E-state index < -0.39 is 11.7 Å². The summed E-state index contributed by atoms with van der Waals surface area (Å²) in [5.74, 6) is 0.0946. The van der Waals surface area contributed by atoms with Gasteiger partial charge < -0.3 is 20.3 Å². The molecule has 1 aliphatic heterocycles. The predicted molar refractivity (Wildman–Crippen MR) is 127 cm³/mol. The van der Waals surface area contributed by atoms with Gasteiger partial charge in [0.05, 0.1) is 17.2 Å². The number of aryl methyl sites for hydroxylation is 2. The van der Waals surface area contributed by atoms with Gasteiger partial charge in [0.15, 0.2) is 5.82 Å². The predicted octanol–water partition coefficient (Wildman–Crippen LogP) is 2.38. The normalized spacial score (nSPS) is 16.1. The summed E-state index contributed by atoms with van der Waals surface area (Å²) < 4.78 is 6.90. The van der Waals surface area contributed by atoms with Crippen LogP contribution in [0, 0.1) is 19.8 Å². The molecule has 0 radical (unpaired) electrons. The summed E-state index contributed by atoms with van der Waals surface area (Å²) in [5, 5.41) is 9.86. The summed E-state index contributed by atoms with van der Waals surface area (Å²) in [6, 6.07) is 5.49. The van der Waals surface area contributed by atoms with Crippen molar-refractivity contribution in [3.05, 3.63) is 41.3 Å². The molecule has 0 spiro atoms. The Hall–Kier alpha value is -3.43. The van der Waals surface area contributed by atoms with E-state index in [0.29, 0.717) is 37.4 Å². The highest BCUT2D eigenvalue weighted by atomic mass is 16.6. The summed E-state index contributed by atoms with van der Waals surface area (Å²) in [7, 11) is 0. The number of likely N-dealkylation sites (tertiary alicyclic amines) is 1. The zero-order valence-electron chi connectivity index (χ0n) is 20.6. The van der Waals surface area contributed by atoms with Gasteiger partial charge >= 0.3 is 6.09 Å². The van der Waals surface area contributed by atoms with Crippen molar-refractivity contribution in [3.8, 4) is 5.82 Å². The van der Waals surface area contributed by atoms with Gasteiger partial charge in [0.2, 0.25) is 5.91 Å². The number of alkyl carbamates (subject to hydrolysis) is 1. The molecule has 0 aliphatic carbocycles. The van der Waals surface area contributed by atoms with Crippen molar-refractivity contribution in [1.29, 1.82) is 0 Å². The van der Waals surface area contributed by atoms with Crippen LogP contribution in [0.4, 0.5) is 4.79 Å². The first-order valence-corrected chi connectivity index (χ1v) is 11.6. The van der Waals surface area contributed by atoms with Crippen LogP contribution in [0.25, 0.3) is 5.82 Å². The standard InChI is InChI=1S/C24H34N6O4/c1-16-13-17(2)30(28-16)20-9-8-18(14-27-20)22(32)29-12-6-7-19(15-29)21(31)25-10-11-26-23(33)34-24(3,4)5/h8-9,13-14,19H,6-7,10-12,15H2,1-5H3,(H,25,31)(H,26,33). The molecule has 3 heterocycles. The van der Waals surface area contributed by atoms with Gasteiger partial charge in [-0.1, -0.05) is 0 Å². The summed E-state index contributed by atoms with van der Waals surface area (Å²) in [4.78, 5) is 43.4. The van der Waals surface area contributed by atoms with Gasteiger partial charge in [-0.2, -0.15) is 5.10 Å². The van der Waals surface area contributed by atoms with Crippen LogP contribution in [0.1, 0.15) is 55.4 Å². The first-order chi connectivity index (χ1) is 16.0. The topological polar surface area (TPSA) is 118 Å². The van der Waals surface area contributed by atoms with Crippen LogP contribution in [0.3, 0.4) is 0 Å². The van der Waals surface area contributed by atoms with Crippen molar-refractivity contribution in [2.45, 2.75) is 53.1 Å². The van der Waals surface area contributed by atoms with Crippen molar-refractivity contribution >= 4 is 17.9 Å². The SMILES string of the molecule is Cc1cc(C)n(-c2ccc(C(=O)N3CCCC(C(=O)NCCNC(=O)OC(C)(C)C)C3)cn2)n1. The number of amides is 3. The van der Waals surface area contributed by atoms with Crippen LogP contribution in [-0.4, -0.2) is 69.4 Å². The molecule has 0 aromatic carbocycles. The Labute approximate surface area is 200 Å². The molecule has 184 valence electrons. The number of pyridine rings is 1. The second-order valence-corrected chi connectivity index (χ2v) is 9.55. The molecular weight excluding hydrogens is 436 g/mol. The smallest absolute Gasteiger partial charge is 0.407 e. The molecule has 3 amide bonds. The lowest BCUT2D eigenvalue weighted by Crippen LogP contribution is -2.46. The number of piperidine rings is 1. The summed E-state index contributed by atoms with van der Waals surface area (Å²) in [5.41, 5.74) is 1.78. The van der Waals surface area contributed by atoms with E-state index in [1.54, 1.807) is 48.7 Å². The van der Waals surface area contributed by atoms with E-state index in [0.717, 1.165) is 17.8 Å². The molecule has 0 bridgehead atoms. The lowest BCUT2D eigenvalue weighted by molar-refractivity contribution is -0.126. The van der Waals surface area contributed by atoms with E-state index in [1.165, 1.54) is 0 Å². The molecule has 1 saturated heterocycles. The number of nitrogens with zero attached hydrogens (tertiary/aromatic N) is 4. The fourth-order valence-corrected chi connectivity index (χ4v) is 3.87. The van der Waals surface area contributed by atoms with Crippen LogP contribution in [0.2, 0.25) is 0 Å². The summed E-state index contributed by atoms with van der Waals surface area (Å²) in [6.07, 6.45) is 2.50. The average Bonchev–Trinajstić information content (AvgIpc) is 3.13. The molecule has 34 heavy (non-hydrogen) atoms. The Morgan fingerprint density at radius 1 is 1.15 bits per heavy atom. The van der Waals surface area contributed by atoms with E-state index in [-0.39, 0.29) is 24.3 Å². The number of hydrogen-bond donors (Lipinski definition) is 2. The molecule has 1 aliphatic rings. The highest BCUT2D eigenvalue weighted by molar-refractivity contribution is 5.94. The third-order valence-corrected chi connectivity index (χ3v) is 5.39. The number of carbonyl (C=O) groups excluding carboxylic acids is 3. The Balaban J connectivity index is 1.50. The second-order valence-electron chi connectivity index (χ2n) is 9.55. The molecule has 10 heteroatoms. The van der Waals surface area contributed by atoms with Gasteiger partial charge in [0, 0.05) is 38.1 Å². The van der Waals surface area contributed by atoms with Crippen molar-refractivity contribution in [2.75, 3.05) is 26.2 Å². The van der Waals surface area contributed by atoms with Gasteiger partial charge in [-0.3, -0.25) is 9.59 Å². The van der Waals surface area contributed by atoms with E-state index in [9.17, 15) is 14.4 Å². The Morgan fingerprint density at radius 3 is 2.50 bits per heavy atom. The molecular formula is C24H34N6O4. The first-order valence-electron chi connectivity index (χ1n) is 11.6. The molecule has 2 aromatic heterocycles. The number of ether oxygens (including phenoxy) is 1. The number of rotatable bonds is 6. The minimum Gasteiger partial charge on any atom is -0.444 e. The van der Waals surface area contributed by atoms with Crippen molar-refractivity contribution in [2.24, 2.45) is 5.92 Å². The van der Waals surface area contributed by atoms with Crippen molar-refractivity contribution < 1.29 is 19.1 Å². The molecule has 0 saturated carbocycles. The minimum atomic E-state index is -0.571. The first kappa shape index (κ1) is 25.2. The van der Waals surface area contributed by atoms with E-state index in [1.807, 2.05) is 19.9 Å². The van der Waals surface area contributed by atoms with Crippen molar-refractivity contribution in [3.63, 3.8) is 0 Å². The van der Waals surface area contributed by atoms with Crippen LogP contribution in [0.5, 0.6) is 0 Å². The maximum Gasteiger partial charge on any atom is 0.407 e. The molecule has 10 nitrogen and oxygen atoms in total.